The molecule has 0 fully saturated rings. The lowest BCUT2D eigenvalue weighted by Crippen LogP contribution is -2.09. The van der Waals surface area contributed by atoms with Crippen molar-refractivity contribution < 1.29 is 13.2 Å². The van der Waals surface area contributed by atoms with Crippen molar-refractivity contribution in [1.82, 2.24) is 15.0 Å². The number of halogens is 4. The molecule has 27 heavy (non-hydrogen) atoms. The Kier molecular flexibility index (Phi) is 5.19. The van der Waals surface area contributed by atoms with Crippen molar-refractivity contribution in [2.45, 2.75) is 13.1 Å². The number of H-pyrrole nitrogens is 1. The van der Waals surface area contributed by atoms with Gasteiger partial charge in [0.15, 0.2) is 0 Å². The molecule has 1 N–H and O–H groups in total. The van der Waals surface area contributed by atoms with Crippen molar-refractivity contribution in [2.24, 2.45) is 0 Å². The van der Waals surface area contributed by atoms with Crippen LogP contribution in [0, 0.1) is 6.92 Å². The number of nitrogens with one attached hydrogen (secondary N) is 1. The van der Waals surface area contributed by atoms with Gasteiger partial charge in [-0.05, 0) is 37.3 Å². The van der Waals surface area contributed by atoms with Crippen LogP contribution in [0.15, 0.2) is 60.8 Å². The molecule has 2 heterocycles. The number of hydrogen-bond acceptors (Lipinski definition) is 2. The van der Waals surface area contributed by atoms with Crippen molar-refractivity contribution in [2.75, 3.05) is 0 Å². The van der Waals surface area contributed by atoms with Crippen molar-refractivity contribution >= 4 is 17.7 Å². The van der Waals surface area contributed by atoms with Crippen LogP contribution in [0.25, 0.3) is 28.7 Å². The highest BCUT2D eigenvalue weighted by molar-refractivity contribution is 6.33. The lowest BCUT2D eigenvalue weighted by atomic mass is 10.1. The second-order valence-corrected chi connectivity index (χ2v) is 6.21. The molecule has 0 aliphatic rings. The van der Waals surface area contributed by atoms with Crippen LogP contribution in [-0.4, -0.2) is 21.1 Å². The third-order valence-corrected chi connectivity index (χ3v) is 4.26. The summed E-state index contributed by atoms with van der Waals surface area (Å²) < 4.78 is 38.8. The summed E-state index contributed by atoms with van der Waals surface area (Å²) in [6, 6.07) is 10.9. The Bertz CT molecular complexity index is 1010. The third kappa shape index (κ3) is 4.11. The number of hydrogen-bond donors (Lipinski definition) is 1. The number of imidazole rings is 1. The summed E-state index contributed by atoms with van der Waals surface area (Å²) in [4.78, 5) is 11.5. The number of allylic oxidation sites excluding steroid dienone is 2. The minimum absolute atomic E-state index is 0.182. The highest BCUT2D eigenvalue weighted by Gasteiger charge is 2.31. The molecule has 2 aromatic heterocycles. The molecule has 0 aliphatic carbocycles. The fourth-order valence-electron chi connectivity index (χ4n) is 2.55. The number of aromatic amines is 1. The molecule has 0 spiro atoms. The molecule has 0 unspecified atom stereocenters. The first-order valence-electron chi connectivity index (χ1n) is 7.99. The molecule has 0 bridgehead atoms. The maximum atomic E-state index is 12.9. The average molecular weight is 390 g/mol. The van der Waals surface area contributed by atoms with Gasteiger partial charge in [0, 0.05) is 23.0 Å². The summed E-state index contributed by atoms with van der Waals surface area (Å²) in [7, 11) is 0. The summed E-state index contributed by atoms with van der Waals surface area (Å²) >= 11 is 6.38. The molecule has 0 atom stereocenters. The highest BCUT2D eigenvalue weighted by atomic mass is 35.5. The number of nitrogens with zero attached hydrogens (tertiary/aromatic N) is 2. The lowest BCUT2D eigenvalue weighted by molar-refractivity contribution is -0.0872. The summed E-state index contributed by atoms with van der Waals surface area (Å²) in [5.41, 5.74) is 2.01. The quantitative estimate of drug-likeness (QED) is 0.537. The van der Waals surface area contributed by atoms with Gasteiger partial charge in [-0.15, -0.1) is 0 Å². The van der Waals surface area contributed by atoms with Gasteiger partial charge in [0.1, 0.15) is 5.82 Å². The van der Waals surface area contributed by atoms with E-state index in [1.54, 1.807) is 25.3 Å². The van der Waals surface area contributed by atoms with E-state index < -0.39 is 11.7 Å². The highest BCUT2D eigenvalue weighted by Crippen LogP contribution is 2.32. The van der Waals surface area contributed by atoms with Crippen LogP contribution >= 0.6 is 11.6 Å². The first-order valence-corrected chi connectivity index (χ1v) is 8.36. The van der Waals surface area contributed by atoms with Crippen molar-refractivity contribution in [3.63, 3.8) is 0 Å². The summed E-state index contributed by atoms with van der Waals surface area (Å²) in [6.07, 6.45) is -1.08. The molecule has 7 heteroatoms. The van der Waals surface area contributed by atoms with E-state index in [4.69, 9.17) is 11.6 Å². The van der Waals surface area contributed by atoms with Crippen molar-refractivity contribution in [3.05, 3.63) is 77.2 Å². The van der Waals surface area contributed by atoms with Crippen LogP contribution in [0.5, 0.6) is 0 Å². The maximum Gasteiger partial charge on any atom is 0.416 e. The normalized spacial score (nSPS) is 12.3. The van der Waals surface area contributed by atoms with E-state index in [1.165, 1.54) is 0 Å². The molecule has 1 aromatic carbocycles. The Balaban J connectivity index is 1.99. The molecule has 3 rings (SSSR count). The van der Waals surface area contributed by atoms with Crippen LogP contribution < -0.4 is 0 Å². The van der Waals surface area contributed by atoms with Crippen LogP contribution in [0.4, 0.5) is 13.2 Å². The van der Waals surface area contributed by atoms with E-state index in [-0.39, 0.29) is 5.69 Å². The van der Waals surface area contributed by atoms with Crippen molar-refractivity contribution in [1.29, 1.82) is 0 Å². The smallest absolute Gasteiger partial charge is 0.342 e. The van der Waals surface area contributed by atoms with Gasteiger partial charge >= 0.3 is 6.18 Å². The van der Waals surface area contributed by atoms with E-state index in [1.807, 2.05) is 24.3 Å². The molecular formula is C20H15ClF3N3. The van der Waals surface area contributed by atoms with E-state index in [0.29, 0.717) is 22.1 Å². The fraction of sp³-hybridized carbons (Fsp3) is 0.100. The zero-order valence-corrected chi connectivity index (χ0v) is 15.1. The van der Waals surface area contributed by atoms with Crippen LogP contribution in [0.2, 0.25) is 5.02 Å². The van der Waals surface area contributed by atoms with E-state index in [9.17, 15) is 13.2 Å². The topological polar surface area (TPSA) is 41.6 Å². The number of aryl methyl sites for hydroxylation is 1. The third-order valence-electron chi connectivity index (χ3n) is 3.95. The van der Waals surface area contributed by atoms with Crippen molar-refractivity contribution in [3.8, 4) is 22.6 Å². The van der Waals surface area contributed by atoms with E-state index in [2.05, 4.69) is 21.5 Å². The summed E-state index contributed by atoms with van der Waals surface area (Å²) in [5.74, 6) is 0.391. The van der Waals surface area contributed by atoms with Gasteiger partial charge in [0.25, 0.3) is 0 Å². The molecule has 0 aliphatic heterocycles. The maximum absolute atomic E-state index is 12.9. The number of benzene rings is 1. The fourth-order valence-corrected chi connectivity index (χ4v) is 2.82. The average Bonchev–Trinajstić information content (AvgIpc) is 2.99. The Morgan fingerprint density at radius 1 is 1.22 bits per heavy atom. The largest absolute Gasteiger partial charge is 0.416 e. The zero-order valence-electron chi connectivity index (χ0n) is 14.3. The Morgan fingerprint density at radius 3 is 2.59 bits per heavy atom. The predicted molar refractivity (Wildman–Crippen MR) is 101 cm³/mol. The van der Waals surface area contributed by atoms with Gasteiger partial charge in [-0.25, -0.2) is 4.98 Å². The minimum atomic E-state index is -4.49. The molecule has 3 nitrogen and oxygen atoms in total. The molecule has 0 saturated heterocycles. The van der Waals surface area contributed by atoms with Gasteiger partial charge in [-0.2, -0.15) is 13.2 Å². The van der Waals surface area contributed by atoms with Crippen LogP contribution in [0.3, 0.4) is 0 Å². The minimum Gasteiger partial charge on any atom is -0.342 e. The molecule has 0 saturated carbocycles. The second-order valence-electron chi connectivity index (χ2n) is 5.81. The van der Waals surface area contributed by atoms with Gasteiger partial charge in [-0.1, -0.05) is 36.4 Å². The number of aromatic nitrogens is 3. The summed E-state index contributed by atoms with van der Waals surface area (Å²) in [6.45, 7) is 4.87. The number of rotatable bonds is 4. The van der Waals surface area contributed by atoms with E-state index in [0.717, 1.165) is 23.4 Å². The Labute approximate surface area is 159 Å². The molecule has 3 aromatic rings. The number of pyridine rings is 1. The van der Waals surface area contributed by atoms with Gasteiger partial charge in [0.05, 0.1) is 22.0 Å². The lowest BCUT2D eigenvalue weighted by Gasteiger charge is -2.06. The monoisotopic (exact) mass is 389 g/mol. The summed E-state index contributed by atoms with van der Waals surface area (Å²) in [5, 5.41) is 0.419. The molecule has 138 valence electrons. The van der Waals surface area contributed by atoms with Gasteiger partial charge in [0.2, 0.25) is 0 Å². The molecule has 0 radical (unpaired) electrons. The second kappa shape index (κ2) is 7.40. The SMILES string of the molecule is C=C/C(=C\c1nc(-c2ccc(-c3ccccn3)cc2Cl)[nH]c1C)C(F)(F)F. The predicted octanol–water partition coefficient (Wildman–Crippen LogP) is 6.23. The first-order chi connectivity index (χ1) is 12.8. The van der Waals surface area contributed by atoms with Gasteiger partial charge < -0.3 is 4.98 Å². The van der Waals surface area contributed by atoms with Gasteiger partial charge in [-0.3, -0.25) is 4.98 Å². The first kappa shape index (κ1) is 18.9. The van der Waals surface area contributed by atoms with Crippen LogP contribution in [-0.2, 0) is 0 Å². The molecular weight excluding hydrogens is 375 g/mol. The Hall–Kier alpha value is -2.86. The number of alkyl halides is 3. The standard InChI is InChI=1S/C20H15ClF3N3/c1-3-14(20(22,23)24)11-18-12(2)26-19(27-18)15-8-7-13(10-16(15)21)17-6-4-5-9-25-17/h3-11H,1H2,2H3,(H,26,27)/b14-11+. The zero-order chi connectivity index (χ0) is 19.6. The molecule has 0 amide bonds. The Morgan fingerprint density at radius 2 is 2.00 bits per heavy atom. The van der Waals surface area contributed by atoms with Crippen LogP contribution in [0.1, 0.15) is 11.4 Å². The van der Waals surface area contributed by atoms with E-state index >= 15 is 0 Å².